The highest BCUT2D eigenvalue weighted by Gasteiger charge is 2.29. The van der Waals surface area contributed by atoms with Crippen molar-refractivity contribution in [2.24, 2.45) is 0 Å². The van der Waals surface area contributed by atoms with Crippen LogP contribution in [0.15, 0.2) is 67.8 Å². The third-order valence-electron chi connectivity index (χ3n) is 5.01. The van der Waals surface area contributed by atoms with E-state index < -0.39 is 6.43 Å². The number of allylic oxidation sites excluding steroid dienone is 1. The third-order valence-corrected chi connectivity index (χ3v) is 6.23. The SMILES string of the molecule is C=C1Nc2cc(-c3ccccc3C(F)F)sc2C(=C)N1c1cncc(C)c1/C=C\C.CC. The van der Waals surface area contributed by atoms with Crippen LogP contribution in [0.2, 0.25) is 0 Å². The molecule has 6 heteroatoms. The molecule has 1 aromatic carbocycles. The Hall–Kier alpha value is -3.25. The van der Waals surface area contributed by atoms with Gasteiger partial charge in [-0.25, -0.2) is 8.78 Å². The fraction of sp³-hybridized carbons (Fsp3) is 0.192. The number of fused-ring (bicyclic) bond motifs is 1. The summed E-state index contributed by atoms with van der Waals surface area (Å²) < 4.78 is 27.0. The van der Waals surface area contributed by atoms with Crippen LogP contribution in [0.1, 0.15) is 48.8 Å². The summed E-state index contributed by atoms with van der Waals surface area (Å²) >= 11 is 1.44. The second-order valence-corrected chi connectivity index (χ2v) is 8.04. The van der Waals surface area contributed by atoms with Crippen molar-refractivity contribution < 1.29 is 8.78 Å². The molecule has 0 bridgehead atoms. The van der Waals surface area contributed by atoms with Gasteiger partial charge in [0.1, 0.15) is 5.82 Å². The van der Waals surface area contributed by atoms with Crippen molar-refractivity contribution in [3.05, 3.63) is 89.3 Å². The van der Waals surface area contributed by atoms with E-state index in [2.05, 4.69) is 23.5 Å². The number of aromatic nitrogens is 1. The van der Waals surface area contributed by atoms with Crippen LogP contribution in [-0.2, 0) is 0 Å². The minimum absolute atomic E-state index is 0.0237. The minimum atomic E-state index is -2.54. The largest absolute Gasteiger partial charge is 0.341 e. The molecule has 3 nitrogen and oxygen atoms in total. The van der Waals surface area contributed by atoms with E-state index in [0.29, 0.717) is 11.4 Å². The Labute approximate surface area is 192 Å². The quantitative estimate of drug-likeness (QED) is 0.431. The van der Waals surface area contributed by atoms with Crippen LogP contribution in [0.3, 0.4) is 0 Å². The van der Waals surface area contributed by atoms with Crippen LogP contribution in [0.4, 0.5) is 20.2 Å². The number of pyridine rings is 1. The maximum Gasteiger partial charge on any atom is 0.264 e. The Morgan fingerprint density at radius 3 is 2.56 bits per heavy atom. The van der Waals surface area contributed by atoms with E-state index in [4.69, 9.17) is 0 Å². The minimum Gasteiger partial charge on any atom is -0.341 e. The van der Waals surface area contributed by atoms with Gasteiger partial charge in [0.15, 0.2) is 0 Å². The molecule has 1 aliphatic heterocycles. The highest BCUT2D eigenvalue weighted by Crippen LogP contribution is 2.47. The number of rotatable bonds is 4. The van der Waals surface area contributed by atoms with Gasteiger partial charge >= 0.3 is 0 Å². The lowest BCUT2D eigenvalue weighted by Gasteiger charge is -2.34. The summed E-state index contributed by atoms with van der Waals surface area (Å²) in [4.78, 5) is 7.92. The summed E-state index contributed by atoms with van der Waals surface area (Å²) in [5.74, 6) is 0.636. The predicted molar refractivity (Wildman–Crippen MR) is 134 cm³/mol. The molecule has 32 heavy (non-hydrogen) atoms. The van der Waals surface area contributed by atoms with E-state index in [1.165, 1.54) is 17.4 Å². The van der Waals surface area contributed by atoms with E-state index in [1.54, 1.807) is 24.4 Å². The molecule has 0 atom stereocenters. The molecule has 3 aromatic rings. The number of nitrogens with one attached hydrogen (secondary N) is 1. The number of alkyl halides is 2. The predicted octanol–water partition coefficient (Wildman–Crippen LogP) is 8.49. The zero-order valence-corrected chi connectivity index (χ0v) is 19.6. The van der Waals surface area contributed by atoms with Gasteiger partial charge in [-0.2, -0.15) is 0 Å². The van der Waals surface area contributed by atoms with Crippen LogP contribution in [0.5, 0.6) is 0 Å². The molecule has 3 heterocycles. The topological polar surface area (TPSA) is 28.2 Å². The van der Waals surface area contributed by atoms with Crippen molar-refractivity contribution in [1.29, 1.82) is 0 Å². The number of hydrogen-bond acceptors (Lipinski definition) is 4. The average Bonchev–Trinajstić information content (AvgIpc) is 3.21. The molecule has 1 aliphatic rings. The summed E-state index contributed by atoms with van der Waals surface area (Å²) in [5, 5.41) is 3.31. The van der Waals surface area contributed by atoms with Gasteiger partial charge in [0.05, 0.1) is 28.1 Å². The molecular weight excluding hydrogens is 424 g/mol. The molecule has 2 aromatic heterocycles. The van der Waals surface area contributed by atoms with Gasteiger partial charge in [-0.3, -0.25) is 9.88 Å². The lowest BCUT2D eigenvalue weighted by atomic mass is 10.1. The van der Waals surface area contributed by atoms with E-state index in [-0.39, 0.29) is 5.56 Å². The molecule has 0 spiro atoms. The molecule has 1 N–H and O–H groups in total. The summed E-state index contributed by atoms with van der Waals surface area (Å²) in [6.45, 7) is 16.4. The number of thiophene rings is 1. The zero-order valence-electron chi connectivity index (χ0n) is 18.7. The Balaban J connectivity index is 0.00000141. The van der Waals surface area contributed by atoms with Gasteiger partial charge in [0, 0.05) is 27.8 Å². The number of halogens is 2. The lowest BCUT2D eigenvalue weighted by Crippen LogP contribution is -2.29. The monoisotopic (exact) mass is 451 g/mol. The third kappa shape index (κ3) is 4.23. The van der Waals surface area contributed by atoms with Gasteiger partial charge in [0.2, 0.25) is 0 Å². The maximum atomic E-state index is 13.5. The van der Waals surface area contributed by atoms with Gasteiger partial charge in [-0.1, -0.05) is 63.4 Å². The molecule has 0 amide bonds. The Kier molecular flexibility index (Phi) is 7.26. The van der Waals surface area contributed by atoms with Crippen LogP contribution < -0.4 is 10.2 Å². The number of benzene rings is 1. The molecule has 166 valence electrons. The lowest BCUT2D eigenvalue weighted by molar-refractivity contribution is 0.152. The first-order valence-corrected chi connectivity index (χ1v) is 11.3. The number of aryl methyl sites for hydroxylation is 1. The Morgan fingerprint density at radius 1 is 1.16 bits per heavy atom. The smallest absolute Gasteiger partial charge is 0.264 e. The van der Waals surface area contributed by atoms with Crippen LogP contribution in [0, 0.1) is 6.92 Å². The normalized spacial score (nSPS) is 13.2. The summed E-state index contributed by atoms with van der Waals surface area (Å²) in [6, 6.07) is 8.48. The van der Waals surface area contributed by atoms with Gasteiger partial charge in [0.25, 0.3) is 6.43 Å². The molecule has 0 fully saturated rings. The summed E-state index contributed by atoms with van der Waals surface area (Å²) in [5.41, 5.74) is 5.04. The van der Waals surface area contributed by atoms with Crippen molar-refractivity contribution in [1.82, 2.24) is 4.98 Å². The molecule has 4 rings (SSSR count). The van der Waals surface area contributed by atoms with Gasteiger partial charge in [-0.05, 0) is 25.5 Å². The number of nitrogens with zero attached hydrogens (tertiary/aromatic N) is 2. The van der Waals surface area contributed by atoms with Gasteiger partial charge in [-0.15, -0.1) is 11.3 Å². The van der Waals surface area contributed by atoms with Crippen molar-refractivity contribution in [2.75, 3.05) is 10.2 Å². The zero-order chi connectivity index (χ0) is 23.4. The van der Waals surface area contributed by atoms with Crippen molar-refractivity contribution in [2.45, 2.75) is 34.1 Å². The number of hydrogen-bond donors (Lipinski definition) is 1. The second-order valence-electron chi connectivity index (χ2n) is 6.98. The fourth-order valence-corrected chi connectivity index (χ4v) is 4.75. The molecular formula is C26H27F2N3S. The molecule has 0 saturated heterocycles. The van der Waals surface area contributed by atoms with E-state index in [0.717, 1.165) is 38.0 Å². The van der Waals surface area contributed by atoms with Crippen molar-refractivity contribution in [3.63, 3.8) is 0 Å². The summed E-state index contributed by atoms with van der Waals surface area (Å²) in [7, 11) is 0. The van der Waals surface area contributed by atoms with Crippen LogP contribution in [0.25, 0.3) is 22.2 Å². The second kappa shape index (κ2) is 9.92. The maximum absolute atomic E-state index is 13.5. The van der Waals surface area contributed by atoms with Crippen molar-refractivity contribution in [3.8, 4) is 10.4 Å². The highest BCUT2D eigenvalue weighted by atomic mass is 32.1. The van der Waals surface area contributed by atoms with Gasteiger partial charge < -0.3 is 5.32 Å². The average molecular weight is 452 g/mol. The molecule has 0 aliphatic carbocycles. The Bertz CT molecular complexity index is 1180. The first-order valence-electron chi connectivity index (χ1n) is 10.5. The first-order chi connectivity index (χ1) is 15.4. The number of anilines is 2. The molecule has 0 radical (unpaired) electrons. The van der Waals surface area contributed by atoms with Crippen LogP contribution in [-0.4, -0.2) is 4.98 Å². The Morgan fingerprint density at radius 2 is 1.88 bits per heavy atom. The highest BCUT2D eigenvalue weighted by molar-refractivity contribution is 7.17. The van der Waals surface area contributed by atoms with Crippen molar-refractivity contribution >= 4 is 34.5 Å². The van der Waals surface area contributed by atoms with E-state index >= 15 is 0 Å². The standard InChI is InChI=1S/C24H21F2N3S.C2H6/c1-5-8-17-14(2)12-27-13-21(17)29-15(3)23-20(28-16(29)4)11-22(30-23)18-9-6-7-10-19(18)24(25)26;1-2/h5-13,24,28H,3-4H2,1-2H3;1-2H3/b8-5-;. The summed E-state index contributed by atoms with van der Waals surface area (Å²) in [6.07, 6.45) is 5.07. The molecule has 0 unspecified atom stereocenters. The molecule has 0 saturated carbocycles. The van der Waals surface area contributed by atoms with E-state index in [1.807, 2.05) is 57.0 Å². The fourth-order valence-electron chi connectivity index (χ4n) is 3.63. The van der Waals surface area contributed by atoms with E-state index in [9.17, 15) is 8.78 Å². The first kappa shape index (κ1) is 23.4. The van der Waals surface area contributed by atoms with Crippen LogP contribution >= 0.6 is 11.3 Å².